The van der Waals surface area contributed by atoms with Crippen molar-refractivity contribution in [1.29, 1.82) is 0 Å². The molecule has 0 saturated carbocycles. The Hall–Kier alpha value is -1.64. The van der Waals surface area contributed by atoms with Crippen LogP contribution in [0.2, 0.25) is 0 Å². The van der Waals surface area contributed by atoms with Crippen LogP contribution in [0, 0.1) is 6.92 Å². The number of nitrogens with zero attached hydrogens (tertiary/aromatic N) is 2. The molecule has 17 heavy (non-hydrogen) atoms. The van der Waals surface area contributed by atoms with E-state index in [0.29, 0.717) is 0 Å². The fraction of sp³-hybridized carbons (Fsp3) is 0.0769. The molecule has 0 fully saturated rings. The molecule has 0 atom stereocenters. The molecule has 84 valence electrons. The first kappa shape index (κ1) is 10.5. The second kappa shape index (κ2) is 3.99. The van der Waals surface area contributed by atoms with E-state index in [2.05, 4.69) is 4.98 Å². The van der Waals surface area contributed by atoms with Gasteiger partial charge in [0.2, 0.25) is 0 Å². The summed E-state index contributed by atoms with van der Waals surface area (Å²) in [5.74, 6) is 0. The molecule has 0 unspecified atom stereocenters. The topological polar surface area (TPSA) is 34.9 Å². The standard InChI is InChI=1S/C13H10N2OSe/c1-9-8-14-7-6-11(9)15-13(16)10-4-2-3-5-12(10)17-15/h2-8H,1H3. The molecule has 3 rings (SSSR count). The molecule has 3 aromatic rings. The van der Waals surface area contributed by atoms with Gasteiger partial charge in [0.1, 0.15) is 0 Å². The summed E-state index contributed by atoms with van der Waals surface area (Å²) in [6.45, 7) is 1.98. The van der Waals surface area contributed by atoms with E-state index in [1.807, 2.05) is 40.8 Å². The molecule has 0 amide bonds. The molecule has 0 bridgehead atoms. The van der Waals surface area contributed by atoms with Gasteiger partial charge in [-0.1, -0.05) is 0 Å². The summed E-state index contributed by atoms with van der Waals surface area (Å²) in [5, 5.41) is 0.837. The van der Waals surface area contributed by atoms with E-state index in [1.54, 1.807) is 12.4 Å². The molecule has 0 aliphatic carbocycles. The zero-order chi connectivity index (χ0) is 11.8. The van der Waals surface area contributed by atoms with Gasteiger partial charge in [0.15, 0.2) is 0 Å². The third-order valence-electron chi connectivity index (χ3n) is 2.70. The minimum absolute atomic E-state index is 0.0415. The van der Waals surface area contributed by atoms with Crippen molar-refractivity contribution in [2.24, 2.45) is 0 Å². The molecule has 2 aromatic heterocycles. The van der Waals surface area contributed by atoms with Gasteiger partial charge < -0.3 is 0 Å². The molecule has 0 spiro atoms. The number of fused-ring (bicyclic) bond motifs is 1. The summed E-state index contributed by atoms with van der Waals surface area (Å²) in [7, 11) is 0. The van der Waals surface area contributed by atoms with Crippen LogP contribution in [-0.4, -0.2) is 23.3 Å². The molecule has 0 radical (unpaired) electrons. The number of hydrogen-bond donors (Lipinski definition) is 0. The summed E-state index contributed by atoms with van der Waals surface area (Å²) >= 11 is 0.0415. The van der Waals surface area contributed by atoms with Gasteiger partial charge in [0.25, 0.3) is 0 Å². The molecule has 1 aromatic carbocycles. The van der Waals surface area contributed by atoms with Gasteiger partial charge in [-0.2, -0.15) is 0 Å². The molecule has 4 heteroatoms. The predicted octanol–water partition coefficient (Wildman–Crippen LogP) is 1.75. The Kier molecular flexibility index (Phi) is 2.46. The average Bonchev–Trinajstić information content (AvgIpc) is 2.68. The van der Waals surface area contributed by atoms with Gasteiger partial charge in [-0.25, -0.2) is 0 Å². The molecule has 0 saturated heterocycles. The SMILES string of the molecule is Cc1cnccc1-n1[se]c2ccccc2c1=O. The van der Waals surface area contributed by atoms with Crippen LogP contribution in [-0.2, 0) is 0 Å². The first-order valence-electron chi connectivity index (χ1n) is 5.29. The van der Waals surface area contributed by atoms with E-state index in [9.17, 15) is 4.79 Å². The van der Waals surface area contributed by atoms with Crippen LogP contribution in [0.4, 0.5) is 0 Å². The van der Waals surface area contributed by atoms with Crippen molar-refractivity contribution in [1.82, 2.24) is 8.55 Å². The van der Waals surface area contributed by atoms with Gasteiger partial charge >= 0.3 is 104 Å². The third kappa shape index (κ3) is 1.66. The summed E-state index contributed by atoms with van der Waals surface area (Å²) in [6.07, 6.45) is 3.52. The second-order valence-corrected chi connectivity index (χ2v) is 5.92. The average molecular weight is 289 g/mol. The van der Waals surface area contributed by atoms with Crippen molar-refractivity contribution in [3.05, 3.63) is 58.6 Å². The Balaban J connectivity index is 2.36. The Morgan fingerprint density at radius 1 is 1.24 bits per heavy atom. The fourth-order valence-electron chi connectivity index (χ4n) is 1.82. The molecular formula is C13H10N2OSe. The van der Waals surface area contributed by atoms with Crippen LogP contribution in [0.15, 0.2) is 47.5 Å². The van der Waals surface area contributed by atoms with E-state index in [4.69, 9.17) is 0 Å². The molecule has 2 heterocycles. The van der Waals surface area contributed by atoms with Crippen molar-refractivity contribution >= 4 is 24.4 Å². The van der Waals surface area contributed by atoms with Crippen LogP contribution >= 0.6 is 0 Å². The van der Waals surface area contributed by atoms with Crippen LogP contribution in [0.5, 0.6) is 0 Å². The molecule has 0 N–H and O–H groups in total. The maximum atomic E-state index is 12.3. The normalized spacial score (nSPS) is 10.9. The second-order valence-electron chi connectivity index (χ2n) is 3.85. The monoisotopic (exact) mass is 290 g/mol. The quantitative estimate of drug-likeness (QED) is 0.640. The number of rotatable bonds is 1. The number of benzene rings is 1. The van der Waals surface area contributed by atoms with E-state index < -0.39 is 0 Å². The number of aryl methyl sites for hydroxylation is 1. The van der Waals surface area contributed by atoms with E-state index in [-0.39, 0.29) is 20.3 Å². The minimum atomic E-state index is 0.0415. The summed E-state index contributed by atoms with van der Waals surface area (Å²) in [4.78, 5) is 16.3. The van der Waals surface area contributed by atoms with Gasteiger partial charge in [0.05, 0.1) is 0 Å². The molecule has 0 aliphatic rings. The predicted molar refractivity (Wildman–Crippen MR) is 69.0 cm³/mol. The van der Waals surface area contributed by atoms with E-state index >= 15 is 0 Å². The number of pyridine rings is 1. The molecular weight excluding hydrogens is 279 g/mol. The van der Waals surface area contributed by atoms with Crippen molar-refractivity contribution in [2.75, 3.05) is 0 Å². The van der Waals surface area contributed by atoms with Gasteiger partial charge in [-0.3, -0.25) is 0 Å². The Labute approximate surface area is 104 Å². The summed E-state index contributed by atoms with van der Waals surface area (Å²) in [6, 6.07) is 9.73. The van der Waals surface area contributed by atoms with Crippen LogP contribution in [0.25, 0.3) is 15.3 Å². The van der Waals surface area contributed by atoms with Gasteiger partial charge in [-0.15, -0.1) is 0 Å². The number of hydrogen-bond acceptors (Lipinski definition) is 2. The summed E-state index contributed by atoms with van der Waals surface area (Å²) < 4.78 is 3.02. The fourth-order valence-corrected chi connectivity index (χ4v) is 4.08. The van der Waals surface area contributed by atoms with Crippen molar-refractivity contribution in [2.45, 2.75) is 6.92 Å². The van der Waals surface area contributed by atoms with E-state index in [0.717, 1.165) is 20.9 Å². The first-order valence-corrected chi connectivity index (χ1v) is 6.92. The van der Waals surface area contributed by atoms with Crippen molar-refractivity contribution in [3.63, 3.8) is 0 Å². The Morgan fingerprint density at radius 2 is 2.06 bits per heavy atom. The van der Waals surface area contributed by atoms with Crippen LogP contribution in [0.1, 0.15) is 5.56 Å². The Morgan fingerprint density at radius 3 is 2.82 bits per heavy atom. The zero-order valence-electron chi connectivity index (χ0n) is 9.25. The van der Waals surface area contributed by atoms with E-state index in [1.165, 1.54) is 0 Å². The Bertz CT molecular complexity index is 742. The zero-order valence-corrected chi connectivity index (χ0v) is 11.0. The van der Waals surface area contributed by atoms with Crippen LogP contribution < -0.4 is 5.56 Å². The van der Waals surface area contributed by atoms with Gasteiger partial charge in [-0.05, 0) is 0 Å². The maximum absolute atomic E-state index is 12.3. The third-order valence-corrected chi connectivity index (χ3v) is 5.00. The molecule has 0 aliphatic heterocycles. The van der Waals surface area contributed by atoms with Crippen LogP contribution in [0.3, 0.4) is 0 Å². The number of aromatic nitrogens is 2. The van der Waals surface area contributed by atoms with Crippen molar-refractivity contribution < 1.29 is 0 Å². The summed E-state index contributed by atoms with van der Waals surface area (Å²) in [5.41, 5.74) is 2.12. The first-order chi connectivity index (χ1) is 8.27. The van der Waals surface area contributed by atoms with Gasteiger partial charge in [0, 0.05) is 0 Å². The van der Waals surface area contributed by atoms with Crippen molar-refractivity contribution in [3.8, 4) is 5.69 Å². The molecule has 3 nitrogen and oxygen atoms in total.